The fourth-order valence-electron chi connectivity index (χ4n) is 2.70. The van der Waals surface area contributed by atoms with Crippen LogP contribution in [-0.2, 0) is 0 Å². The zero-order valence-electron chi connectivity index (χ0n) is 12.3. The van der Waals surface area contributed by atoms with Gasteiger partial charge in [-0.05, 0) is 30.2 Å². The van der Waals surface area contributed by atoms with Gasteiger partial charge in [-0.15, -0.1) is 24.8 Å². The number of hydrogen-bond acceptors (Lipinski definition) is 2. The van der Waals surface area contributed by atoms with Gasteiger partial charge in [-0.1, -0.05) is 35.7 Å². The van der Waals surface area contributed by atoms with Crippen LogP contribution in [0.15, 0.2) is 22.7 Å². The average Bonchev–Trinajstić information content (AvgIpc) is 2.44. The molecule has 1 aromatic rings. The summed E-state index contributed by atoms with van der Waals surface area (Å²) in [6, 6.07) is 5.35. The number of piperazine rings is 1. The molecule has 1 fully saturated rings. The van der Waals surface area contributed by atoms with Gasteiger partial charge >= 0.3 is 0 Å². The van der Waals surface area contributed by atoms with E-state index < -0.39 is 0 Å². The molecule has 0 aliphatic carbocycles. The van der Waals surface area contributed by atoms with Gasteiger partial charge in [-0.3, -0.25) is 4.90 Å². The minimum absolute atomic E-state index is 0. The van der Waals surface area contributed by atoms with Gasteiger partial charge in [0.15, 0.2) is 0 Å². The molecule has 1 aliphatic heterocycles. The summed E-state index contributed by atoms with van der Waals surface area (Å²) in [4.78, 5) is 2.48. The zero-order chi connectivity index (χ0) is 13.7. The number of benzene rings is 1. The molecular formula is C15H24BrCl2FN2. The summed E-state index contributed by atoms with van der Waals surface area (Å²) < 4.78 is 14.6. The van der Waals surface area contributed by atoms with Gasteiger partial charge in [0.25, 0.3) is 0 Å². The number of halogens is 4. The molecule has 1 N–H and O–H groups in total. The van der Waals surface area contributed by atoms with Crippen molar-refractivity contribution in [1.82, 2.24) is 10.2 Å². The molecule has 0 spiro atoms. The lowest BCUT2D eigenvalue weighted by molar-refractivity contribution is 0.162. The predicted molar refractivity (Wildman–Crippen MR) is 95.3 cm³/mol. The average molecular weight is 402 g/mol. The topological polar surface area (TPSA) is 15.3 Å². The maximum atomic E-state index is 13.5. The third-order valence-electron chi connectivity index (χ3n) is 3.74. The van der Waals surface area contributed by atoms with Crippen LogP contribution in [-0.4, -0.2) is 31.1 Å². The Bertz CT molecular complexity index is 415. The van der Waals surface area contributed by atoms with Gasteiger partial charge in [-0.2, -0.15) is 0 Å². The molecular weight excluding hydrogens is 378 g/mol. The van der Waals surface area contributed by atoms with Crippen molar-refractivity contribution in [3.8, 4) is 0 Å². The summed E-state index contributed by atoms with van der Waals surface area (Å²) in [5, 5.41) is 3.38. The van der Waals surface area contributed by atoms with Crippen LogP contribution in [0.4, 0.5) is 4.39 Å². The van der Waals surface area contributed by atoms with Gasteiger partial charge in [0, 0.05) is 36.7 Å². The third kappa shape index (κ3) is 6.03. The smallest absolute Gasteiger partial charge is 0.123 e. The van der Waals surface area contributed by atoms with Crippen LogP contribution in [0.25, 0.3) is 0 Å². The van der Waals surface area contributed by atoms with Crippen LogP contribution in [0, 0.1) is 5.82 Å². The van der Waals surface area contributed by atoms with Crippen molar-refractivity contribution < 1.29 is 4.39 Å². The summed E-state index contributed by atoms with van der Waals surface area (Å²) in [7, 11) is 0. The molecule has 21 heavy (non-hydrogen) atoms. The van der Waals surface area contributed by atoms with Gasteiger partial charge in [0.05, 0.1) is 0 Å². The van der Waals surface area contributed by atoms with E-state index in [4.69, 9.17) is 0 Å². The van der Waals surface area contributed by atoms with Crippen molar-refractivity contribution in [2.45, 2.75) is 32.2 Å². The lowest BCUT2D eigenvalue weighted by atomic mass is 9.98. The van der Waals surface area contributed by atoms with Crippen molar-refractivity contribution in [3.63, 3.8) is 0 Å². The van der Waals surface area contributed by atoms with Gasteiger partial charge in [-0.25, -0.2) is 4.39 Å². The Morgan fingerprint density at radius 2 is 1.95 bits per heavy atom. The van der Waals surface area contributed by atoms with Crippen LogP contribution < -0.4 is 5.32 Å². The van der Waals surface area contributed by atoms with Crippen LogP contribution in [0.2, 0.25) is 0 Å². The second-order valence-corrected chi connectivity index (χ2v) is 5.96. The molecule has 1 saturated heterocycles. The standard InChI is InChI=1S/C15H22BrFN2.2ClH/c1-2-3-4-15(19-9-7-18-8-10-19)13-11-12(17)5-6-14(13)16;;/h5-6,11,15,18H,2-4,7-10H2,1H3;2*1H/t15-;;/m1../s1. The van der Waals surface area contributed by atoms with Crippen molar-refractivity contribution in [2.75, 3.05) is 26.2 Å². The molecule has 122 valence electrons. The van der Waals surface area contributed by atoms with E-state index in [1.54, 1.807) is 6.07 Å². The molecule has 0 amide bonds. The Hall–Kier alpha value is 0.130. The fourth-order valence-corrected chi connectivity index (χ4v) is 3.21. The van der Waals surface area contributed by atoms with E-state index in [-0.39, 0.29) is 30.6 Å². The lowest BCUT2D eigenvalue weighted by Gasteiger charge is -2.35. The minimum Gasteiger partial charge on any atom is -0.314 e. The Morgan fingerprint density at radius 1 is 1.29 bits per heavy atom. The molecule has 1 heterocycles. The first kappa shape index (κ1) is 21.1. The van der Waals surface area contributed by atoms with Crippen molar-refractivity contribution in [1.29, 1.82) is 0 Å². The Balaban J connectivity index is 0.00000200. The van der Waals surface area contributed by atoms with Crippen LogP contribution in [0.3, 0.4) is 0 Å². The molecule has 6 heteroatoms. The van der Waals surface area contributed by atoms with E-state index in [2.05, 4.69) is 33.1 Å². The quantitative estimate of drug-likeness (QED) is 0.777. The number of nitrogens with one attached hydrogen (secondary N) is 1. The normalized spacial score (nSPS) is 16.7. The van der Waals surface area contributed by atoms with Gasteiger partial charge in [0.1, 0.15) is 5.82 Å². The maximum absolute atomic E-state index is 13.5. The van der Waals surface area contributed by atoms with Crippen molar-refractivity contribution in [2.24, 2.45) is 0 Å². The molecule has 0 radical (unpaired) electrons. The molecule has 0 saturated carbocycles. The van der Waals surface area contributed by atoms with Crippen molar-refractivity contribution >= 4 is 40.7 Å². The van der Waals surface area contributed by atoms with E-state index in [9.17, 15) is 4.39 Å². The Kier molecular flexibility index (Phi) is 10.9. The van der Waals surface area contributed by atoms with E-state index in [1.807, 2.05) is 6.07 Å². The molecule has 0 bridgehead atoms. The van der Waals surface area contributed by atoms with Crippen LogP contribution in [0.1, 0.15) is 37.8 Å². The summed E-state index contributed by atoms with van der Waals surface area (Å²) in [6.45, 7) is 6.33. The monoisotopic (exact) mass is 400 g/mol. The van der Waals surface area contributed by atoms with Gasteiger partial charge in [0.2, 0.25) is 0 Å². The molecule has 2 nitrogen and oxygen atoms in total. The SMILES string of the molecule is CCCC[C@H](c1cc(F)ccc1Br)N1CCNCC1.Cl.Cl. The largest absolute Gasteiger partial charge is 0.314 e. The molecule has 1 atom stereocenters. The van der Waals surface area contributed by atoms with Crippen molar-refractivity contribution in [3.05, 3.63) is 34.1 Å². The minimum atomic E-state index is -0.144. The molecule has 2 rings (SSSR count). The maximum Gasteiger partial charge on any atom is 0.123 e. The summed E-state index contributed by atoms with van der Waals surface area (Å²) in [6.07, 6.45) is 3.45. The first-order valence-corrected chi connectivity index (χ1v) is 7.91. The Morgan fingerprint density at radius 3 is 2.57 bits per heavy atom. The number of unbranched alkanes of at least 4 members (excludes halogenated alkanes) is 1. The number of nitrogens with zero attached hydrogens (tertiary/aromatic N) is 1. The highest BCUT2D eigenvalue weighted by atomic mass is 79.9. The Labute approximate surface area is 147 Å². The fraction of sp³-hybridized carbons (Fsp3) is 0.600. The van der Waals surface area contributed by atoms with Crippen LogP contribution >= 0.6 is 40.7 Å². The highest BCUT2D eigenvalue weighted by Crippen LogP contribution is 2.32. The first-order chi connectivity index (χ1) is 9.22. The zero-order valence-corrected chi connectivity index (χ0v) is 15.5. The van der Waals surface area contributed by atoms with Gasteiger partial charge < -0.3 is 5.32 Å². The summed E-state index contributed by atoms with van der Waals surface area (Å²) in [5.74, 6) is -0.144. The van der Waals surface area contributed by atoms with E-state index in [0.29, 0.717) is 6.04 Å². The highest BCUT2D eigenvalue weighted by Gasteiger charge is 2.23. The van der Waals surface area contributed by atoms with E-state index in [0.717, 1.165) is 42.6 Å². The van der Waals surface area contributed by atoms with E-state index in [1.165, 1.54) is 18.9 Å². The second-order valence-electron chi connectivity index (χ2n) is 5.11. The van der Waals surface area contributed by atoms with Crippen LogP contribution in [0.5, 0.6) is 0 Å². The lowest BCUT2D eigenvalue weighted by Crippen LogP contribution is -2.45. The third-order valence-corrected chi connectivity index (χ3v) is 4.46. The molecule has 1 aromatic carbocycles. The first-order valence-electron chi connectivity index (χ1n) is 7.12. The number of hydrogen-bond donors (Lipinski definition) is 1. The summed E-state index contributed by atoms with van der Waals surface area (Å²) >= 11 is 3.58. The molecule has 0 unspecified atom stereocenters. The summed E-state index contributed by atoms with van der Waals surface area (Å²) in [5.41, 5.74) is 1.09. The predicted octanol–water partition coefficient (Wildman–Crippen LogP) is 4.57. The second kappa shape index (κ2) is 10.8. The highest BCUT2D eigenvalue weighted by molar-refractivity contribution is 9.10. The number of rotatable bonds is 5. The molecule has 1 aliphatic rings. The molecule has 0 aromatic heterocycles. The van der Waals surface area contributed by atoms with E-state index >= 15 is 0 Å².